The van der Waals surface area contributed by atoms with E-state index in [1.165, 1.54) is 38.3 Å². The van der Waals surface area contributed by atoms with Gasteiger partial charge in [0.15, 0.2) is 17.3 Å². The Hall–Kier alpha value is -9.08. The predicted molar refractivity (Wildman–Crippen MR) is 368 cm³/mol. The number of benzene rings is 4. The third-order valence-corrected chi connectivity index (χ3v) is 17.7. The van der Waals surface area contributed by atoms with E-state index < -0.39 is 50.6 Å². The molecule has 2 unspecified atom stereocenters. The lowest BCUT2D eigenvalue weighted by molar-refractivity contribution is -0.386. The van der Waals surface area contributed by atoms with Crippen LogP contribution in [0.3, 0.4) is 0 Å². The number of ketones is 1. The molecule has 2 atom stereocenters. The number of nitro benzene ring substituents is 1. The number of hydrogen-bond donors (Lipinski definition) is 2. The Kier molecular flexibility index (Phi) is 30.8. The number of carbonyl (C=O) groups excluding carboxylic acids is 8. The number of rotatable bonds is 37. The molecule has 0 radical (unpaired) electrons. The first-order valence-electron chi connectivity index (χ1n) is 33.8. The molecule has 1 fully saturated rings. The summed E-state index contributed by atoms with van der Waals surface area (Å²) in [7, 11) is -3.38. The number of amides is 6. The summed E-state index contributed by atoms with van der Waals surface area (Å²) in [4.78, 5) is 118. The third kappa shape index (κ3) is 22.5. The van der Waals surface area contributed by atoms with Gasteiger partial charge in [-0.05, 0) is 116 Å². The molecule has 0 bridgehead atoms. The topological polar surface area (TPSA) is 327 Å². The number of piperazine rings is 1. The predicted octanol–water partition coefficient (Wildman–Crippen LogP) is 8.11. The maximum absolute atomic E-state index is 14.4. The molecule has 532 valence electrons. The van der Waals surface area contributed by atoms with E-state index in [0.717, 1.165) is 75.5 Å². The van der Waals surface area contributed by atoms with Crippen LogP contribution < -0.4 is 34.9 Å². The van der Waals surface area contributed by atoms with Gasteiger partial charge in [0.05, 0.1) is 65.4 Å². The van der Waals surface area contributed by atoms with Crippen LogP contribution in [0, 0.1) is 10.1 Å². The van der Waals surface area contributed by atoms with Gasteiger partial charge < -0.3 is 53.3 Å². The second-order valence-electron chi connectivity index (χ2n) is 23.5. The van der Waals surface area contributed by atoms with Gasteiger partial charge in [0.25, 0.3) is 23.4 Å². The van der Waals surface area contributed by atoms with Gasteiger partial charge in [-0.15, -0.1) is 0 Å². The first-order chi connectivity index (χ1) is 47.0. The van der Waals surface area contributed by atoms with Crippen molar-refractivity contribution >= 4 is 79.7 Å². The summed E-state index contributed by atoms with van der Waals surface area (Å²) in [5, 5.41) is 18.6. The average molecular weight is 1380 g/mol. The number of anilines is 1. The quantitative estimate of drug-likeness (QED) is 0.00554. The minimum absolute atomic E-state index is 0.00425. The van der Waals surface area contributed by atoms with E-state index in [0.29, 0.717) is 102 Å². The lowest BCUT2D eigenvalue weighted by Crippen LogP contribution is -2.50. The third-order valence-electron chi connectivity index (χ3n) is 17.0. The molecule has 3 aromatic carbocycles. The minimum atomic E-state index is -4.80. The second-order valence-corrected chi connectivity index (χ2v) is 25.0. The Morgan fingerprint density at radius 3 is 2.02 bits per heavy atom. The largest absolute Gasteiger partial charge is 0.748 e. The first-order valence-corrected chi connectivity index (χ1v) is 35.4. The Balaban J connectivity index is 0.000000395. The normalized spacial score (nSPS) is 13.6. The van der Waals surface area contributed by atoms with E-state index >= 15 is 0 Å². The van der Waals surface area contributed by atoms with Gasteiger partial charge in [-0.2, -0.15) is 0 Å². The molecule has 1 aliphatic carbocycles. The van der Waals surface area contributed by atoms with E-state index in [2.05, 4.69) is 84.2 Å². The molecule has 0 spiro atoms. The van der Waals surface area contributed by atoms with E-state index in [1.807, 2.05) is 31.2 Å². The number of esters is 1. The highest BCUT2D eigenvalue weighted by molar-refractivity contribution is 7.85. The van der Waals surface area contributed by atoms with E-state index in [4.69, 9.17) is 23.4 Å². The second kappa shape index (κ2) is 38.8. The summed E-state index contributed by atoms with van der Waals surface area (Å²) in [6.45, 7) is 19.8. The number of nitrogens with zero attached hydrogens (tertiary/aromatic N) is 6. The summed E-state index contributed by atoms with van der Waals surface area (Å²) in [6.07, 6.45) is 5.54. The molecule has 3 aromatic rings. The Morgan fingerprint density at radius 1 is 0.724 bits per heavy atom. The SMILES string of the molecule is CCNC(=O)CCCCCCC(=O)C(CS(=O)(=O)[O-])NC(=O)CCCCC(=O)N1CCN(C(=O)c2ccccc2-c2c3ccc(=[N+](CC)CC)cc-3oc3cc(N(CC)CC)ccc23)CC1.CCOc1cc([N+](=O)[O-])c(C(C)OC(=O)CCCOCCN2C(=O)C=CC2=O)cc1OC. The fraction of sp³-hybridized carbons (Fsp3) is 0.507. The standard InChI is InChI=1S/C50H68N6O9S.C21H26N2O9/c1-6-51-46(58)22-14-12-11-13-21-43(57)42(35-66(62,63)64)52-47(59)23-17-18-24-48(60)55-29-31-56(32-30-55)50(61)39-20-16-15-19-38(39)49-40-27-25-36(53(7-2)8-3)33-44(40)65-45-34-37(26-28-41(45)49)54(9-4)10-5;1-4-31-18-13-16(23(27)28)15(12-17(18)29-3)14(2)32-21(26)6-5-10-30-11-9-22-19(24)7-8-20(22)25/h15-16,19-20,25-28,33-34,42H,6-14,17-18,21-24,29-32,35H2,1-5H3,(H2-,51,52,58,59,62,63,64);7-8,12-14H,4-6,9-11H2,1-3H3. The van der Waals surface area contributed by atoms with Gasteiger partial charge in [-0.3, -0.25) is 53.4 Å². The molecule has 2 N–H and O–H groups in total. The zero-order valence-electron chi connectivity index (χ0n) is 57.6. The van der Waals surface area contributed by atoms with Gasteiger partial charge in [0.1, 0.15) is 36.6 Å². The number of nitro groups is 1. The van der Waals surface area contributed by atoms with Crippen LogP contribution in [-0.4, -0.2) is 184 Å². The molecule has 27 heteroatoms. The number of methoxy groups -OCH3 is 1. The molecule has 1 saturated heterocycles. The summed E-state index contributed by atoms with van der Waals surface area (Å²) >= 11 is 0. The van der Waals surface area contributed by atoms with Crippen LogP contribution in [0.5, 0.6) is 11.5 Å². The van der Waals surface area contributed by atoms with Crippen molar-refractivity contribution in [2.45, 2.75) is 138 Å². The number of unbranched alkanes of at least 4 members (excludes halogenated alkanes) is 4. The van der Waals surface area contributed by atoms with Crippen molar-refractivity contribution in [1.29, 1.82) is 0 Å². The van der Waals surface area contributed by atoms with Crippen LogP contribution >= 0.6 is 0 Å². The highest BCUT2D eigenvalue weighted by Crippen LogP contribution is 2.43. The monoisotopic (exact) mass is 1380 g/mol. The highest BCUT2D eigenvalue weighted by atomic mass is 32.2. The number of imide groups is 1. The fourth-order valence-corrected chi connectivity index (χ4v) is 12.5. The summed E-state index contributed by atoms with van der Waals surface area (Å²) in [5.41, 5.74) is 4.92. The number of Topliss-reactive ketones (excluding diaryl/α,β-unsaturated/α-hetero) is 1. The van der Waals surface area contributed by atoms with Crippen LogP contribution in [0.2, 0.25) is 0 Å². The smallest absolute Gasteiger partial charge is 0.306 e. The molecule has 98 heavy (non-hydrogen) atoms. The molecule has 26 nitrogen and oxygen atoms in total. The van der Waals surface area contributed by atoms with E-state index in [-0.39, 0.29) is 92.0 Å². The van der Waals surface area contributed by atoms with E-state index in [9.17, 15) is 61.4 Å². The van der Waals surface area contributed by atoms with E-state index in [1.54, 1.807) is 16.7 Å². The lowest BCUT2D eigenvalue weighted by atomic mass is 9.90. The first kappa shape index (κ1) is 77.9. The minimum Gasteiger partial charge on any atom is -0.748 e. The molecule has 0 saturated carbocycles. The Bertz CT molecular complexity index is 3780. The number of fused-ring (bicyclic) bond motifs is 2. The summed E-state index contributed by atoms with van der Waals surface area (Å²) in [6, 6.07) is 21.5. The van der Waals surface area contributed by atoms with Crippen LogP contribution in [0.25, 0.3) is 33.4 Å². The number of nitrogens with one attached hydrogen (secondary N) is 2. The molecular weight excluding hydrogens is 1280 g/mol. The maximum Gasteiger partial charge on any atom is 0.306 e. The molecule has 0 aromatic heterocycles. The molecule has 4 aliphatic rings. The van der Waals surface area contributed by atoms with Crippen LogP contribution in [0.15, 0.2) is 89.4 Å². The van der Waals surface area contributed by atoms with Crippen molar-refractivity contribution in [3.8, 4) is 33.9 Å². The van der Waals surface area contributed by atoms with Crippen molar-refractivity contribution in [1.82, 2.24) is 29.9 Å². The summed E-state index contributed by atoms with van der Waals surface area (Å²) in [5.74, 6) is -2.43. The molecule has 3 aliphatic heterocycles. The number of ether oxygens (including phenoxy) is 4. The van der Waals surface area contributed by atoms with Crippen molar-refractivity contribution in [3.63, 3.8) is 0 Å². The lowest BCUT2D eigenvalue weighted by Gasteiger charge is -2.35. The van der Waals surface area contributed by atoms with Crippen molar-refractivity contribution in [3.05, 3.63) is 112 Å². The Labute approximate surface area is 572 Å². The number of hydrogen-bond acceptors (Lipinski definition) is 19. The van der Waals surface area contributed by atoms with Crippen LogP contribution in [0.1, 0.15) is 148 Å². The number of carbonyl (C=O) groups is 8. The van der Waals surface area contributed by atoms with Gasteiger partial charge in [0.2, 0.25) is 23.1 Å². The van der Waals surface area contributed by atoms with Crippen molar-refractivity contribution in [2.24, 2.45) is 0 Å². The zero-order valence-corrected chi connectivity index (χ0v) is 58.4. The fourth-order valence-electron chi connectivity index (χ4n) is 11.8. The molecular formula is C71H94N8O18S. The van der Waals surface area contributed by atoms with Gasteiger partial charge in [0, 0.05) is 137 Å². The average Bonchev–Trinajstić information content (AvgIpc) is 0.773. The van der Waals surface area contributed by atoms with Crippen LogP contribution in [-0.2, 0) is 53.2 Å². The van der Waals surface area contributed by atoms with Gasteiger partial charge >= 0.3 is 5.97 Å². The molecule has 3 heterocycles. The summed E-state index contributed by atoms with van der Waals surface area (Å²) < 4.78 is 64.9. The van der Waals surface area contributed by atoms with Crippen molar-refractivity contribution < 1.29 is 79.6 Å². The van der Waals surface area contributed by atoms with Gasteiger partial charge in [-0.1, -0.05) is 31.0 Å². The highest BCUT2D eigenvalue weighted by Gasteiger charge is 2.31. The molecule has 6 amide bonds. The zero-order chi connectivity index (χ0) is 71.5. The van der Waals surface area contributed by atoms with Gasteiger partial charge in [-0.25, -0.2) is 13.0 Å². The Morgan fingerprint density at radius 2 is 1.38 bits per heavy atom. The van der Waals surface area contributed by atoms with Crippen molar-refractivity contribution in [2.75, 3.05) is 103 Å². The molecule has 7 rings (SSSR count). The maximum atomic E-state index is 14.4. The van der Waals surface area contributed by atoms with Crippen LogP contribution in [0.4, 0.5) is 11.4 Å².